The van der Waals surface area contributed by atoms with E-state index in [1.54, 1.807) is 0 Å². The zero-order chi connectivity index (χ0) is 14.3. The summed E-state index contributed by atoms with van der Waals surface area (Å²) in [4.78, 5) is 22.0. The number of hydrogen-bond acceptors (Lipinski definition) is 3. The highest BCUT2D eigenvalue weighted by molar-refractivity contribution is 5.94. The van der Waals surface area contributed by atoms with Gasteiger partial charge >= 0.3 is 5.97 Å². The number of carboxylic acids is 1. The average molecular weight is 269 g/mol. The molecule has 104 valence electrons. The maximum Gasteiger partial charge on any atom is 0.303 e. The minimum Gasteiger partial charge on any atom is -0.494 e. The van der Waals surface area contributed by atoms with Crippen molar-refractivity contribution in [3.05, 3.63) is 29.6 Å². The number of unbranched alkanes of at least 4 members (excludes halogenated alkanes) is 1. The SMILES string of the molecule is COc1cc(C(=O)NCCCCC(=O)O)ccc1F. The zero-order valence-corrected chi connectivity index (χ0v) is 10.6. The molecule has 0 aliphatic heterocycles. The van der Waals surface area contributed by atoms with E-state index in [4.69, 9.17) is 9.84 Å². The number of hydrogen-bond donors (Lipinski definition) is 2. The van der Waals surface area contributed by atoms with Gasteiger partial charge in [0.15, 0.2) is 11.6 Å². The number of rotatable bonds is 7. The van der Waals surface area contributed by atoms with E-state index in [9.17, 15) is 14.0 Å². The van der Waals surface area contributed by atoms with Crippen LogP contribution in [0.25, 0.3) is 0 Å². The van der Waals surface area contributed by atoms with Gasteiger partial charge in [-0.2, -0.15) is 0 Å². The first-order valence-corrected chi connectivity index (χ1v) is 5.88. The Morgan fingerprint density at radius 2 is 2.11 bits per heavy atom. The summed E-state index contributed by atoms with van der Waals surface area (Å²) in [6.45, 7) is 0.381. The Morgan fingerprint density at radius 1 is 1.37 bits per heavy atom. The maximum absolute atomic E-state index is 13.1. The standard InChI is InChI=1S/C13H16FNO4/c1-19-11-8-9(5-6-10(11)14)13(18)15-7-3-2-4-12(16)17/h5-6,8H,2-4,7H2,1H3,(H,15,18)(H,16,17). The van der Waals surface area contributed by atoms with E-state index in [1.165, 1.54) is 19.2 Å². The van der Waals surface area contributed by atoms with Crippen LogP contribution >= 0.6 is 0 Å². The van der Waals surface area contributed by atoms with Gasteiger partial charge < -0.3 is 15.2 Å². The second kappa shape index (κ2) is 7.35. The van der Waals surface area contributed by atoms with Gasteiger partial charge in [0.05, 0.1) is 7.11 Å². The van der Waals surface area contributed by atoms with E-state index in [0.29, 0.717) is 24.9 Å². The molecular weight excluding hydrogens is 253 g/mol. The van der Waals surface area contributed by atoms with Crippen LogP contribution in [0.5, 0.6) is 5.75 Å². The summed E-state index contributed by atoms with van der Waals surface area (Å²) in [6, 6.07) is 3.85. The summed E-state index contributed by atoms with van der Waals surface area (Å²) < 4.78 is 17.9. The van der Waals surface area contributed by atoms with Gasteiger partial charge in [-0.05, 0) is 31.0 Å². The van der Waals surface area contributed by atoms with Crippen LogP contribution in [0.2, 0.25) is 0 Å². The van der Waals surface area contributed by atoms with Crippen LogP contribution in [-0.4, -0.2) is 30.6 Å². The topological polar surface area (TPSA) is 75.6 Å². The first-order chi connectivity index (χ1) is 9.04. The van der Waals surface area contributed by atoms with Gasteiger partial charge in [0, 0.05) is 18.5 Å². The highest BCUT2D eigenvalue weighted by Crippen LogP contribution is 2.18. The predicted molar refractivity (Wildman–Crippen MR) is 66.8 cm³/mol. The fraction of sp³-hybridized carbons (Fsp3) is 0.385. The van der Waals surface area contributed by atoms with Gasteiger partial charge in [-0.1, -0.05) is 0 Å². The summed E-state index contributed by atoms with van der Waals surface area (Å²) in [5, 5.41) is 11.1. The van der Waals surface area contributed by atoms with Crippen molar-refractivity contribution < 1.29 is 23.8 Å². The van der Waals surface area contributed by atoms with Crippen molar-refractivity contribution in [1.82, 2.24) is 5.32 Å². The highest BCUT2D eigenvalue weighted by Gasteiger charge is 2.09. The number of aliphatic carboxylic acids is 1. The highest BCUT2D eigenvalue weighted by atomic mass is 19.1. The Morgan fingerprint density at radius 3 is 2.74 bits per heavy atom. The minimum absolute atomic E-state index is 0.0125. The Hall–Kier alpha value is -2.11. The molecule has 0 aromatic heterocycles. The Kier molecular flexibility index (Phi) is 5.78. The summed E-state index contributed by atoms with van der Waals surface area (Å²) >= 11 is 0. The average Bonchev–Trinajstić information content (AvgIpc) is 2.38. The number of methoxy groups -OCH3 is 1. The van der Waals surface area contributed by atoms with Crippen LogP contribution in [0.1, 0.15) is 29.6 Å². The minimum atomic E-state index is -0.852. The largest absolute Gasteiger partial charge is 0.494 e. The van der Waals surface area contributed by atoms with E-state index in [0.717, 1.165) is 6.07 Å². The molecule has 0 saturated carbocycles. The lowest BCUT2D eigenvalue weighted by molar-refractivity contribution is -0.137. The molecule has 19 heavy (non-hydrogen) atoms. The number of halogens is 1. The summed E-state index contributed by atoms with van der Waals surface area (Å²) in [6.07, 6.45) is 1.17. The molecule has 0 heterocycles. The van der Waals surface area contributed by atoms with E-state index in [2.05, 4.69) is 5.32 Å². The molecule has 0 spiro atoms. The summed E-state index contributed by atoms with van der Waals surface area (Å²) in [5.74, 6) is -1.71. The molecule has 0 bridgehead atoms. The molecule has 0 atom stereocenters. The van der Waals surface area contributed by atoms with E-state index in [-0.39, 0.29) is 18.1 Å². The number of carbonyl (C=O) groups is 2. The fourth-order valence-corrected chi connectivity index (χ4v) is 1.51. The van der Waals surface area contributed by atoms with Crippen LogP contribution in [0.3, 0.4) is 0 Å². The summed E-state index contributed by atoms with van der Waals surface area (Å²) in [5.41, 5.74) is 0.302. The van der Waals surface area contributed by atoms with Gasteiger partial charge in [0.2, 0.25) is 0 Å². The number of benzene rings is 1. The maximum atomic E-state index is 13.1. The molecule has 0 radical (unpaired) electrons. The van der Waals surface area contributed by atoms with Crippen LogP contribution in [-0.2, 0) is 4.79 Å². The van der Waals surface area contributed by atoms with Crippen LogP contribution in [0, 0.1) is 5.82 Å². The molecule has 1 aromatic carbocycles. The normalized spacial score (nSPS) is 10.0. The Bertz CT molecular complexity index is 462. The molecule has 0 saturated heterocycles. The van der Waals surface area contributed by atoms with E-state index in [1.807, 2.05) is 0 Å². The molecule has 0 fully saturated rings. The second-order valence-corrected chi connectivity index (χ2v) is 3.96. The van der Waals surface area contributed by atoms with E-state index >= 15 is 0 Å². The van der Waals surface area contributed by atoms with Crippen molar-refractivity contribution >= 4 is 11.9 Å². The lowest BCUT2D eigenvalue weighted by atomic mass is 10.2. The van der Waals surface area contributed by atoms with Crippen molar-refractivity contribution in [2.75, 3.05) is 13.7 Å². The predicted octanol–water partition coefficient (Wildman–Crippen LogP) is 1.82. The third-order valence-corrected chi connectivity index (χ3v) is 2.52. The molecule has 1 amide bonds. The second-order valence-electron chi connectivity index (χ2n) is 3.96. The van der Waals surface area contributed by atoms with Crippen LogP contribution in [0.4, 0.5) is 4.39 Å². The number of nitrogens with one attached hydrogen (secondary N) is 1. The van der Waals surface area contributed by atoms with Crippen LogP contribution in [0.15, 0.2) is 18.2 Å². The number of amides is 1. The molecule has 0 unspecified atom stereocenters. The smallest absolute Gasteiger partial charge is 0.303 e. The van der Waals surface area contributed by atoms with Gasteiger partial charge in [-0.3, -0.25) is 9.59 Å². The molecule has 0 aliphatic rings. The number of carbonyl (C=O) groups excluding carboxylic acids is 1. The lowest BCUT2D eigenvalue weighted by Crippen LogP contribution is -2.24. The quantitative estimate of drug-likeness (QED) is 0.740. The van der Waals surface area contributed by atoms with Crippen molar-refractivity contribution in [3.8, 4) is 5.75 Å². The molecule has 6 heteroatoms. The van der Waals surface area contributed by atoms with Gasteiger partial charge in [-0.15, -0.1) is 0 Å². The van der Waals surface area contributed by atoms with Crippen molar-refractivity contribution in [2.24, 2.45) is 0 Å². The molecule has 1 rings (SSSR count). The van der Waals surface area contributed by atoms with E-state index < -0.39 is 11.8 Å². The van der Waals surface area contributed by atoms with Crippen molar-refractivity contribution in [2.45, 2.75) is 19.3 Å². The molecule has 1 aromatic rings. The van der Waals surface area contributed by atoms with Crippen molar-refractivity contribution in [3.63, 3.8) is 0 Å². The van der Waals surface area contributed by atoms with Gasteiger partial charge in [0.25, 0.3) is 5.91 Å². The van der Waals surface area contributed by atoms with Crippen LogP contribution < -0.4 is 10.1 Å². The molecule has 5 nitrogen and oxygen atoms in total. The van der Waals surface area contributed by atoms with Crippen molar-refractivity contribution in [1.29, 1.82) is 0 Å². The lowest BCUT2D eigenvalue weighted by Gasteiger charge is -2.07. The fourth-order valence-electron chi connectivity index (χ4n) is 1.51. The molecule has 0 aliphatic carbocycles. The van der Waals surface area contributed by atoms with Gasteiger partial charge in [0.1, 0.15) is 0 Å². The molecule has 2 N–H and O–H groups in total. The third-order valence-electron chi connectivity index (χ3n) is 2.52. The summed E-state index contributed by atoms with van der Waals surface area (Å²) in [7, 11) is 1.33. The Balaban J connectivity index is 2.43. The Labute approximate surface area is 110 Å². The number of ether oxygens (including phenoxy) is 1. The monoisotopic (exact) mass is 269 g/mol. The number of carboxylic acid groups (broad SMARTS) is 1. The molecular formula is C13H16FNO4. The first kappa shape index (κ1) is 14.9. The third kappa shape index (κ3) is 4.95. The first-order valence-electron chi connectivity index (χ1n) is 5.88. The van der Waals surface area contributed by atoms with Gasteiger partial charge in [-0.25, -0.2) is 4.39 Å². The zero-order valence-electron chi connectivity index (χ0n) is 10.6.